The van der Waals surface area contributed by atoms with Crippen molar-refractivity contribution in [2.75, 3.05) is 29.5 Å². The Morgan fingerprint density at radius 3 is 2.89 bits per heavy atom. The Kier molecular flexibility index (Phi) is 5.47. The molecule has 8 heteroatoms. The standard InChI is InChI=1S/C11H15BrN2O2S3/c12-10-2-1-8(13)5-11(10)19(15,16)14-6-9-7-17-3-4-18-9/h1-2,5,9,14H,3-4,6-7,13H2. The second-order valence-electron chi connectivity index (χ2n) is 4.11. The van der Waals surface area contributed by atoms with Crippen LogP contribution in [0.1, 0.15) is 0 Å². The van der Waals surface area contributed by atoms with Crippen LogP contribution < -0.4 is 10.5 Å². The minimum Gasteiger partial charge on any atom is -0.399 e. The summed E-state index contributed by atoms with van der Waals surface area (Å²) in [6.07, 6.45) is 0. The number of hydrogen-bond acceptors (Lipinski definition) is 5. The maximum absolute atomic E-state index is 12.2. The van der Waals surface area contributed by atoms with Gasteiger partial charge in [0.05, 0.1) is 4.90 Å². The number of nitrogen functional groups attached to an aromatic ring is 1. The molecule has 1 aliphatic heterocycles. The molecule has 0 amide bonds. The minimum absolute atomic E-state index is 0.195. The maximum Gasteiger partial charge on any atom is 0.241 e. The molecular formula is C11H15BrN2O2S3. The quantitative estimate of drug-likeness (QED) is 0.780. The van der Waals surface area contributed by atoms with E-state index in [1.54, 1.807) is 12.1 Å². The molecule has 0 radical (unpaired) electrons. The molecule has 3 N–H and O–H groups in total. The largest absolute Gasteiger partial charge is 0.399 e. The summed E-state index contributed by atoms with van der Waals surface area (Å²) in [5, 5.41) is 0.341. The normalized spacial score (nSPS) is 20.4. The Morgan fingerprint density at radius 1 is 1.42 bits per heavy atom. The topological polar surface area (TPSA) is 72.2 Å². The van der Waals surface area contributed by atoms with Crippen molar-refractivity contribution in [1.82, 2.24) is 4.72 Å². The van der Waals surface area contributed by atoms with Gasteiger partial charge in [-0.2, -0.15) is 23.5 Å². The number of benzene rings is 1. The molecule has 1 aromatic carbocycles. The fraction of sp³-hybridized carbons (Fsp3) is 0.455. The predicted molar refractivity (Wildman–Crippen MR) is 87.3 cm³/mol. The zero-order valence-electron chi connectivity index (χ0n) is 10.1. The highest BCUT2D eigenvalue weighted by Gasteiger charge is 2.21. The highest BCUT2D eigenvalue weighted by molar-refractivity contribution is 9.10. The molecule has 1 atom stereocenters. The first-order valence-electron chi connectivity index (χ1n) is 5.73. The van der Waals surface area contributed by atoms with E-state index in [1.807, 2.05) is 23.5 Å². The highest BCUT2D eigenvalue weighted by Crippen LogP contribution is 2.26. The van der Waals surface area contributed by atoms with Gasteiger partial charge in [0.2, 0.25) is 10.0 Å². The van der Waals surface area contributed by atoms with Crippen molar-refractivity contribution in [3.8, 4) is 0 Å². The molecular weight excluding hydrogens is 368 g/mol. The number of thioether (sulfide) groups is 2. The Bertz CT molecular complexity index is 545. The van der Waals surface area contributed by atoms with Crippen LogP contribution in [0.15, 0.2) is 27.6 Å². The van der Waals surface area contributed by atoms with E-state index in [1.165, 1.54) is 6.07 Å². The lowest BCUT2D eigenvalue weighted by Crippen LogP contribution is -2.33. The molecule has 0 aliphatic carbocycles. The van der Waals surface area contributed by atoms with Gasteiger partial charge in [-0.1, -0.05) is 0 Å². The highest BCUT2D eigenvalue weighted by atomic mass is 79.9. The van der Waals surface area contributed by atoms with Crippen molar-refractivity contribution in [2.45, 2.75) is 10.1 Å². The van der Waals surface area contributed by atoms with Crippen LogP contribution in [0.5, 0.6) is 0 Å². The second kappa shape index (κ2) is 6.71. The van der Waals surface area contributed by atoms with Crippen molar-refractivity contribution in [1.29, 1.82) is 0 Å². The summed E-state index contributed by atoms with van der Waals surface area (Å²) < 4.78 is 27.7. The smallest absolute Gasteiger partial charge is 0.241 e. The first kappa shape index (κ1) is 15.5. The number of rotatable bonds is 4. The third-order valence-corrected chi connectivity index (χ3v) is 7.89. The number of hydrogen-bond donors (Lipinski definition) is 2. The van der Waals surface area contributed by atoms with Gasteiger partial charge in [-0.15, -0.1) is 0 Å². The van der Waals surface area contributed by atoms with Crippen molar-refractivity contribution in [2.24, 2.45) is 0 Å². The molecule has 1 fully saturated rings. The number of halogens is 1. The fourth-order valence-electron chi connectivity index (χ4n) is 1.66. The molecule has 106 valence electrons. The summed E-state index contributed by atoms with van der Waals surface area (Å²) in [6, 6.07) is 4.78. The number of anilines is 1. The van der Waals surface area contributed by atoms with E-state index in [-0.39, 0.29) is 4.90 Å². The Balaban J connectivity index is 2.07. The molecule has 0 spiro atoms. The van der Waals surface area contributed by atoms with Gasteiger partial charge in [0.1, 0.15) is 0 Å². The van der Waals surface area contributed by atoms with Crippen LogP contribution in [0.3, 0.4) is 0 Å². The third kappa shape index (κ3) is 4.29. The predicted octanol–water partition coefficient (Wildman–Crippen LogP) is 2.16. The van der Waals surface area contributed by atoms with Gasteiger partial charge >= 0.3 is 0 Å². The molecule has 0 saturated carbocycles. The van der Waals surface area contributed by atoms with E-state index >= 15 is 0 Å². The fourth-order valence-corrected chi connectivity index (χ4v) is 6.46. The molecule has 2 rings (SSSR count). The van der Waals surface area contributed by atoms with Crippen LogP contribution in [0.2, 0.25) is 0 Å². The number of sulfonamides is 1. The average Bonchev–Trinajstić information content (AvgIpc) is 2.40. The van der Waals surface area contributed by atoms with Crippen molar-refractivity contribution in [3.05, 3.63) is 22.7 Å². The molecule has 1 aromatic rings. The number of nitrogens with one attached hydrogen (secondary N) is 1. The van der Waals surface area contributed by atoms with E-state index in [4.69, 9.17) is 5.73 Å². The van der Waals surface area contributed by atoms with Crippen LogP contribution in [-0.4, -0.2) is 37.5 Å². The molecule has 0 aromatic heterocycles. The zero-order chi connectivity index (χ0) is 13.9. The summed E-state index contributed by atoms with van der Waals surface area (Å²) in [5.41, 5.74) is 6.08. The Morgan fingerprint density at radius 2 is 2.21 bits per heavy atom. The van der Waals surface area contributed by atoms with E-state index in [0.717, 1.165) is 17.3 Å². The van der Waals surface area contributed by atoms with Gasteiger partial charge in [0, 0.05) is 39.2 Å². The molecule has 0 bridgehead atoms. The summed E-state index contributed by atoms with van der Waals surface area (Å²) in [5.74, 6) is 3.22. The zero-order valence-corrected chi connectivity index (χ0v) is 14.2. The lowest BCUT2D eigenvalue weighted by molar-refractivity contribution is 0.581. The van der Waals surface area contributed by atoms with Gasteiger partial charge in [-0.05, 0) is 34.1 Å². The molecule has 1 aliphatic rings. The second-order valence-corrected chi connectivity index (χ2v) is 9.26. The van der Waals surface area contributed by atoms with Gasteiger partial charge < -0.3 is 5.73 Å². The third-order valence-electron chi connectivity index (χ3n) is 2.63. The molecule has 4 nitrogen and oxygen atoms in total. The lowest BCUT2D eigenvalue weighted by atomic mass is 10.3. The summed E-state index contributed by atoms with van der Waals surface area (Å²) in [7, 11) is -3.51. The molecule has 1 saturated heterocycles. The van der Waals surface area contributed by atoms with E-state index in [2.05, 4.69) is 20.7 Å². The van der Waals surface area contributed by atoms with E-state index < -0.39 is 10.0 Å². The average molecular weight is 383 g/mol. The van der Waals surface area contributed by atoms with Gasteiger partial charge in [-0.3, -0.25) is 0 Å². The molecule has 1 unspecified atom stereocenters. The first-order chi connectivity index (χ1) is 8.99. The van der Waals surface area contributed by atoms with Gasteiger partial charge in [0.25, 0.3) is 0 Å². The van der Waals surface area contributed by atoms with E-state index in [0.29, 0.717) is 22.0 Å². The number of nitrogens with two attached hydrogens (primary N) is 1. The van der Waals surface area contributed by atoms with Gasteiger partial charge in [0.15, 0.2) is 0 Å². The minimum atomic E-state index is -3.51. The van der Waals surface area contributed by atoms with Crippen LogP contribution in [0, 0.1) is 0 Å². The monoisotopic (exact) mass is 382 g/mol. The van der Waals surface area contributed by atoms with Crippen molar-refractivity contribution < 1.29 is 8.42 Å². The first-order valence-corrected chi connectivity index (χ1v) is 10.2. The van der Waals surface area contributed by atoms with Crippen LogP contribution in [0.4, 0.5) is 5.69 Å². The Hall–Kier alpha value is 0.110. The van der Waals surface area contributed by atoms with Crippen LogP contribution in [0.25, 0.3) is 0 Å². The summed E-state index contributed by atoms with van der Waals surface area (Å²) in [4.78, 5) is 0.195. The lowest BCUT2D eigenvalue weighted by Gasteiger charge is -2.21. The van der Waals surface area contributed by atoms with Crippen LogP contribution in [-0.2, 0) is 10.0 Å². The molecule has 1 heterocycles. The maximum atomic E-state index is 12.2. The summed E-state index contributed by atoms with van der Waals surface area (Å²) >= 11 is 6.94. The van der Waals surface area contributed by atoms with Crippen LogP contribution >= 0.6 is 39.5 Å². The SMILES string of the molecule is Nc1ccc(Br)c(S(=O)(=O)NCC2CSCCS2)c1. The molecule has 19 heavy (non-hydrogen) atoms. The Labute approximate surface area is 130 Å². The van der Waals surface area contributed by atoms with Crippen molar-refractivity contribution in [3.63, 3.8) is 0 Å². The van der Waals surface area contributed by atoms with Gasteiger partial charge in [-0.25, -0.2) is 13.1 Å². The van der Waals surface area contributed by atoms with E-state index in [9.17, 15) is 8.42 Å². The summed E-state index contributed by atoms with van der Waals surface area (Å²) in [6.45, 7) is 0.460. The van der Waals surface area contributed by atoms with Crippen molar-refractivity contribution >= 4 is 55.2 Å².